The Morgan fingerprint density at radius 1 is 1.60 bits per heavy atom. The Hall–Kier alpha value is -1.38. The van der Waals surface area contributed by atoms with E-state index in [1.165, 1.54) is 0 Å². The summed E-state index contributed by atoms with van der Waals surface area (Å²) in [7, 11) is 0. The predicted molar refractivity (Wildman–Crippen MR) is 60.5 cm³/mol. The molecule has 3 heteroatoms. The number of hydrogen-bond acceptors (Lipinski definition) is 2. The van der Waals surface area contributed by atoms with E-state index in [0.717, 1.165) is 18.4 Å². The Kier molecular flexibility index (Phi) is 4.81. The number of rotatable bonds is 5. The van der Waals surface area contributed by atoms with Crippen molar-refractivity contribution in [3.05, 3.63) is 30.1 Å². The smallest absolute Gasteiger partial charge is 0.220 e. The normalized spacial score (nSPS) is 12.1. The van der Waals surface area contributed by atoms with Crippen LogP contribution in [0.3, 0.4) is 0 Å². The molecule has 1 aromatic rings. The topological polar surface area (TPSA) is 42.0 Å². The molecule has 1 atom stereocenters. The average molecular weight is 206 g/mol. The molecule has 0 saturated heterocycles. The van der Waals surface area contributed by atoms with Crippen LogP contribution < -0.4 is 5.32 Å². The molecular weight excluding hydrogens is 188 g/mol. The highest BCUT2D eigenvalue weighted by atomic mass is 16.1. The molecule has 0 spiro atoms. The van der Waals surface area contributed by atoms with Gasteiger partial charge < -0.3 is 5.32 Å². The van der Waals surface area contributed by atoms with Gasteiger partial charge in [0.05, 0.1) is 0 Å². The Labute approximate surface area is 90.9 Å². The second kappa shape index (κ2) is 6.17. The first-order valence-electron chi connectivity index (χ1n) is 5.40. The number of amides is 1. The van der Waals surface area contributed by atoms with Crippen LogP contribution in [0, 0.1) is 0 Å². The maximum Gasteiger partial charge on any atom is 0.220 e. The fourth-order valence-electron chi connectivity index (χ4n) is 1.25. The van der Waals surface area contributed by atoms with E-state index < -0.39 is 0 Å². The highest BCUT2D eigenvalue weighted by Crippen LogP contribution is 2.00. The third-order valence-corrected chi connectivity index (χ3v) is 2.38. The van der Waals surface area contributed by atoms with Crippen LogP contribution in [0.25, 0.3) is 0 Å². The van der Waals surface area contributed by atoms with Crippen molar-refractivity contribution in [3.63, 3.8) is 0 Å². The van der Waals surface area contributed by atoms with Crippen molar-refractivity contribution < 1.29 is 4.79 Å². The largest absolute Gasteiger partial charge is 0.354 e. The van der Waals surface area contributed by atoms with Gasteiger partial charge in [-0.25, -0.2) is 0 Å². The minimum atomic E-state index is 0.119. The van der Waals surface area contributed by atoms with E-state index in [-0.39, 0.29) is 11.9 Å². The summed E-state index contributed by atoms with van der Waals surface area (Å²) < 4.78 is 0. The molecule has 0 fully saturated rings. The molecule has 1 amide bonds. The molecule has 1 rings (SSSR count). The van der Waals surface area contributed by atoms with Gasteiger partial charge in [-0.15, -0.1) is 0 Å². The van der Waals surface area contributed by atoms with Crippen molar-refractivity contribution in [2.75, 3.05) is 0 Å². The lowest BCUT2D eigenvalue weighted by atomic mass is 10.1. The lowest BCUT2D eigenvalue weighted by Gasteiger charge is -2.10. The van der Waals surface area contributed by atoms with Gasteiger partial charge in [-0.05, 0) is 31.4 Å². The number of nitrogens with one attached hydrogen (secondary N) is 1. The van der Waals surface area contributed by atoms with Gasteiger partial charge in [-0.2, -0.15) is 0 Å². The van der Waals surface area contributed by atoms with Crippen molar-refractivity contribution >= 4 is 5.91 Å². The molecule has 0 unspecified atom stereocenters. The SMILES string of the molecule is CC[C@H](C)NC(=O)CCc1cccnc1. The van der Waals surface area contributed by atoms with E-state index in [1.54, 1.807) is 12.4 Å². The quantitative estimate of drug-likeness (QED) is 0.799. The third kappa shape index (κ3) is 4.58. The molecule has 0 aliphatic rings. The Bertz CT molecular complexity index is 298. The number of pyridine rings is 1. The second-order valence-electron chi connectivity index (χ2n) is 3.74. The summed E-state index contributed by atoms with van der Waals surface area (Å²) in [5.74, 6) is 0.119. The summed E-state index contributed by atoms with van der Waals surface area (Å²) >= 11 is 0. The first kappa shape index (κ1) is 11.7. The van der Waals surface area contributed by atoms with E-state index in [9.17, 15) is 4.79 Å². The zero-order valence-electron chi connectivity index (χ0n) is 9.36. The van der Waals surface area contributed by atoms with E-state index in [1.807, 2.05) is 19.1 Å². The second-order valence-corrected chi connectivity index (χ2v) is 3.74. The van der Waals surface area contributed by atoms with Gasteiger partial charge in [0.2, 0.25) is 5.91 Å². The van der Waals surface area contributed by atoms with Crippen molar-refractivity contribution in [2.45, 2.75) is 39.2 Å². The standard InChI is InChI=1S/C12H18N2O/c1-3-10(2)14-12(15)7-6-11-5-4-8-13-9-11/h4-5,8-10H,3,6-7H2,1-2H3,(H,14,15)/t10-/m0/s1. The first-order valence-corrected chi connectivity index (χ1v) is 5.40. The number of carbonyl (C=O) groups excluding carboxylic acids is 1. The molecule has 0 bridgehead atoms. The molecule has 3 nitrogen and oxygen atoms in total. The lowest BCUT2D eigenvalue weighted by Crippen LogP contribution is -2.31. The van der Waals surface area contributed by atoms with Gasteiger partial charge in [0.1, 0.15) is 0 Å². The average Bonchev–Trinajstić information content (AvgIpc) is 2.27. The van der Waals surface area contributed by atoms with Crippen LogP contribution in [-0.2, 0) is 11.2 Å². The summed E-state index contributed by atoms with van der Waals surface area (Å²) in [5.41, 5.74) is 1.11. The van der Waals surface area contributed by atoms with Crippen molar-refractivity contribution in [1.82, 2.24) is 10.3 Å². The first-order chi connectivity index (χ1) is 7.22. The predicted octanol–water partition coefficient (Wildman–Crippen LogP) is 1.93. The summed E-state index contributed by atoms with van der Waals surface area (Å²) in [6.07, 6.45) is 5.81. The van der Waals surface area contributed by atoms with Crippen LogP contribution in [0.1, 0.15) is 32.3 Å². The highest BCUT2D eigenvalue weighted by molar-refractivity contribution is 5.76. The van der Waals surface area contributed by atoms with Crippen molar-refractivity contribution in [1.29, 1.82) is 0 Å². The van der Waals surface area contributed by atoms with E-state index in [4.69, 9.17) is 0 Å². The Morgan fingerprint density at radius 3 is 3.00 bits per heavy atom. The highest BCUT2D eigenvalue weighted by Gasteiger charge is 2.05. The van der Waals surface area contributed by atoms with Gasteiger partial charge in [0.25, 0.3) is 0 Å². The monoisotopic (exact) mass is 206 g/mol. The maximum absolute atomic E-state index is 11.5. The Morgan fingerprint density at radius 2 is 2.40 bits per heavy atom. The van der Waals surface area contributed by atoms with Crippen LogP contribution in [0.5, 0.6) is 0 Å². The summed E-state index contributed by atoms with van der Waals surface area (Å²) in [5, 5.41) is 2.94. The van der Waals surface area contributed by atoms with E-state index >= 15 is 0 Å². The Balaban J connectivity index is 2.29. The molecule has 0 aromatic carbocycles. The molecular formula is C12H18N2O. The molecule has 82 valence electrons. The van der Waals surface area contributed by atoms with Gasteiger partial charge in [-0.1, -0.05) is 13.0 Å². The molecule has 0 aliphatic carbocycles. The number of aromatic nitrogens is 1. The van der Waals surface area contributed by atoms with Gasteiger partial charge in [0.15, 0.2) is 0 Å². The zero-order chi connectivity index (χ0) is 11.1. The van der Waals surface area contributed by atoms with Gasteiger partial charge >= 0.3 is 0 Å². The summed E-state index contributed by atoms with van der Waals surface area (Å²) in [4.78, 5) is 15.5. The molecule has 1 N–H and O–H groups in total. The molecule has 1 aromatic heterocycles. The fourth-order valence-corrected chi connectivity index (χ4v) is 1.25. The zero-order valence-corrected chi connectivity index (χ0v) is 9.36. The number of carbonyl (C=O) groups is 1. The summed E-state index contributed by atoms with van der Waals surface area (Å²) in [6.45, 7) is 4.08. The number of aryl methyl sites for hydroxylation is 1. The molecule has 0 radical (unpaired) electrons. The number of hydrogen-bond donors (Lipinski definition) is 1. The molecule has 1 heterocycles. The van der Waals surface area contributed by atoms with Crippen LogP contribution in [0.15, 0.2) is 24.5 Å². The minimum Gasteiger partial charge on any atom is -0.354 e. The van der Waals surface area contributed by atoms with E-state index in [2.05, 4.69) is 17.2 Å². The summed E-state index contributed by atoms with van der Waals surface area (Å²) in [6, 6.07) is 4.15. The molecule has 0 aliphatic heterocycles. The molecule has 15 heavy (non-hydrogen) atoms. The van der Waals surface area contributed by atoms with Gasteiger partial charge in [-0.3, -0.25) is 9.78 Å². The molecule has 0 saturated carbocycles. The van der Waals surface area contributed by atoms with Crippen molar-refractivity contribution in [2.24, 2.45) is 0 Å². The van der Waals surface area contributed by atoms with Gasteiger partial charge in [0, 0.05) is 24.9 Å². The van der Waals surface area contributed by atoms with Crippen LogP contribution in [0.2, 0.25) is 0 Å². The van der Waals surface area contributed by atoms with Crippen LogP contribution in [0.4, 0.5) is 0 Å². The number of nitrogens with zero attached hydrogens (tertiary/aromatic N) is 1. The van der Waals surface area contributed by atoms with Crippen molar-refractivity contribution in [3.8, 4) is 0 Å². The fraction of sp³-hybridized carbons (Fsp3) is 0.500. The minimum absolute atomic E-state index is 0.119. The third-order valence-electron chi connectivity index (χ3n) is 2.38. The van der Waals surface area contributed by atoms with Crippen LogP contribution in [-0.4, -0.2) is 16.9 Å². The van der Waals surface area contributed by atoms with E-state index in [0.29, 0.717) is 6.42 Å². The lowest BCUT2D eigenvalue weighted by molar-refractivity contribution is -0.121. The maximum atomic E-state index is 11.5. The van der Waals surface area contributed by atoms with Crippen LogP contribution >= 0.6 is 0 Å².